The van der Waals surface area contributed by atoms with Crippen LogP contribution in [-0.2, 0) is 11.3 Å². The molecule has 2 N–H and O–H groups in total. The first-order chi connectivity index (χ1) is 13.1. The molecule has 27 heavy (non-hydrogen) atoms. The van der Waals surface area contributed by atoms with E-state index in [1.54, 1.807) is 60.8 Å². The molecule has 0 atom stereocenters. The number of carbonyl (C=O) groups is 1. The summed E-state index contributed by atoms with van der Waals surface area (Å²) in [6, 6.07) is 16.7. The van der Waals surface area contributed by atoms with Crippen LogP contribution in [0.25, 0.3) is 6.08 Å². The van der Waals surface area contributed by atoms with E-state index in [1.165, 1.54) is 11.0 Å². The number of pyridine rings is 1. The molecule has 0 spiro atoms. The van der Waals surface area contributed by atoms with Gasteiger partial charge in [0.25, 0.3) is 5.91 Å². The number of nitrogens with two attached hydrogens (primary N) is 1. The summed E-state index contributed by atoms with van der Waals surface area (Å²) in [6.45, 7) is 0.0747. The predicted octanol–water partition coefficient (Wildman–Crippen LogP) is 3.77. The molecule has 0 fully saturated rings. The smallest absolute Gasteiger partial charge is 0.294 e. The van der Waals surface area contributed by atoms with Gasteiger partial charge in [-0.3, -0.25) is 14.7 Å². The van der Waals surface area contributed by atoms with Crippen molar-refractivity contribution in [2.75, 3.05) is 10.6 Å². The summed E-state index contributed by atoms with van der Waals surface area (Å²) in [7, 11) is 0. The van der Waals surface area contributed by atoms with Gasteiger partial charge in [0, 0.05) is 29.6 Å². The predicted molar refractivity (Wildman–Crippen MR) is 101 cm³/mol. The lowest BCUT2D eigenvalue weighted by Gasteiger charge is -2.30. The van der Waals surface area contributed by atoms with E-state index in [4.69, 9.17) is 10.5 Å². The maximum atomic E-state index is 14.1. The number of aromatic nitrogens is 1. The average Bonchev–Trinajstić information content (AvgIpc) is 2.67. The molecule has 1 aliphatic heterocycles. The number of nitrogens with zero attached hydrogens (tertiary/aromatic N) is 2. The fourth-order valence-corrected chi connectivity index (χ4v) is 2.88. The van der Waals surface area contributed by atoms with Gasteiger partial charge >= 0.3 is 0 Å². The minimum atomic E-state index is -0.374. The molecular formula is C21H16FN3O2. The quantitative estimate of drug-likeness (QED) is 0.570. The summed E-state index contributed by atoms with van der Waals surface area (Å²) in [6.07, 6.45) is 3.19. The molecule has 3 aromatic rings. The molecule has 134 valence electrons. The van der Waals surface area contributed by atoms with Gasteiger partial charge in [-0.15, -0.1) is 0 Å². The van der Waals surface area contributed by atoms with Gasteiger partial charge < -0.3 is 10.5 Å². The van der Waals surface area contributed by atoms with Gasteiger partial charge in [-0.25, -0.2) is 4.39 Å². The second-order valence-electron chi connectivity index (χ2n) is 6.08. The Morgan fingerprint density at radius 2 is 1.93 bits per heavy atom. The first-order valence-corrected chi connectivity index (χ1v) is 8.37. The molecule has 6 heteroatoms. The van der Waals surface area contributed by atoms with Crippen molar-refractivity contribution >= 4 is 23.4 Å². The Morgan fingerprint density at radius 3 is 2.70 bits per heavy atom. The van der Waals surface area contributed by atoms with Crippen molar-refractivity contribution in [1.29, 1.82) is 0 Å². The molecule has 2 aromatic carbocycles. The molecular weight excluding hydrogens is 345 g/mol. The fraction of sp³-hybridized carbons (Fsp3) is 0.0476. The van der Waals surface area contributed by atoms with Crippen LogP contribution in [0.2, 0.25) is 0 Å². The van der Waals surface area contributed by atoms with Gasteiger partial charge in [-0.1, -0.05) is 24.3 Å². The summed E-state index contributed by atoms with van der Waals surface area (Å²) in [5.74, 6) is -0.207. The molecule has 0 radical (unpaired) electrons. The van der Waals surface area contributed by atoms with E-state index >= 15 is 0 Å². The Balaban J connectivity index is 1.78. The molecule has 0 unspecified atom stereocenters. The highest BCUT2D eigenvalue weighted by Gasteiger charge is 2.31. The highest BCUT2D eigenvalue weighted by Crippen LogP contribution is 2.38. The number of benzene rings is 2. The number of halogens is 1. The van der Waals surface area contributed by atoms with Gasteiger partial charge in [0.15, 0.2) is 11.5 Å². The van der Waals surface area contributed by atoms with E-state index in [0.717, 1.165) is 0 Å². The minimum Gasteiger partial charge on any atom is -0.449 e. The van der Waals surface area contributed by atoms with E-state index in [9.17, 15) is 9.18 Å². The molecule has 4 rings (SSSR count). The average molecular weight is 361 g/mol. The second kappa shape index (κ2) is 6.92. The third-order valence-corrected chi connectivity index (χ3v) is 4.20. The van der Waals surface area contributed by atoms with E-state index in [-0.39, 0.29) is 24.0 Å². The Labute approximate surface area is 155 Å². The first kappa shape index (κ1) is 16.8. The molecule has 5 nitrogen and oxygen atoms in total. The van der Waals surface area contributed by atoms with Gasteiger partial charge in [0.1, 0.15) is 5.82 Å². The van der Waals surface area contributed by atoms with Crippen LogP contribution in [0.1, 0.15) is 11.3 Å². The van der Waals surface area contributed by atoms with Gasteiger partial charge in [0.05, 0.1) is 17.9 Å². The fourth-order valence-electron chi connectivity index (χ4n) is 2.88. The maximum absolute atomic E-state index is 14.1. The van der Waals surface area contributed by atoms with E-state index in [0.29, 0.717) is 28.4 Å². The number of rotatable bonds is 3. The third kappa shape index (κ3) is 3.37. The van der Waals surface area contributed by atoms with Crippen LogP contribution >= 0.6 is 0 Å². The zero-order chi connectivity index (χ0) is 18.8. The molecule has 1 aliphatic rings. The second-order valence-corrected chi connectivity index (χ2v) is 6.08. The van der Waals surface area contributed by atoms with Crippen molar-refractivity contribution in [2.24, 2.45) is 0 Å². The summed E-state index contributed by atoms with van der Waals surface area (Å²) in [5.41, 5.74) is 7.90. The van der Waals surface area contributed by atoms with E-state index in [2.05, 4.69) is 4.98 Å². The van der Waals surface area contributed by atoms with Crippen LogP contribution in [0.3, 0.4) is 0 Å². The van der Waals surface area contributed by atoms with E-state index in [1.807, 2.05) is 6.07 Å². The monoisotopic (exact) mass is 361 g/mol. The summed E-state index contributed by atoms with van der Waals surface area (Å²) >= 11 is 0. The summed E-state index contributed by atoms with van der Waals surface area (Å²) in [4.78, 5) is 18.7. The number of ether oxygens (including phenoxy) is 1. The third-order valence-electron chi connectivity index (χ3n) is 4.20. The maximum Gasteiger partial charge on any atom is 0.294 e. The highest BCUT2D eigenvalue weighted by molar-refractivity contribution is 6.09. The van der Waals surface area contributed by atoms with Crippen molar-refractivity contribution in [1.82, 2.24) is 4.98 Å². The SMILES string of the molecule is Nc1ccc2c(c1)O/C(=C/c1ccccn1)C(=O)N2Cc1ccccc1F. The molecule has 0 saturated carbocycles. The Bertz CT molecular complexity index is 1030. The molecule has 1 amide bonds. The van der Waals surface area contributed by atoms with Crippen molar-refractivity contribution < 1.29 is 13.9 Å². The zero-order valence-corrected chi connectivity index (χ0v) is 14.3. The van der Waals surface area contributed by atoms with Gasteiger partial charge in [0.2, 0.25) is 0 Å². The number of anilines is 2. The number of hydrogen-bond acceptors (Lipinski definition) is 4. The lowest BCUT2D eigenvalue weighted by atomic mass is 10.1. The highest BCUT2D eigenvalue weighted by atomic mass is 19.1. The van der Waals surface area contributed by atoms with Crippen LogP contribution in [0.5, 0.6) is 5.75 Å². The van der Waals surface area contributed by atoms with E-state index < -0.39 is 0 Å². The van der Waals surface area contributed by atoms with Gasteiger partial charge in [-0.05, 0) is 30.3 Å². The number of carbonyl (C=O) groups excluding carboxylic acids is 1. The van der Waals surface area contributed by atoms with Crippen LogP contribution in [0.4, 0.5) is 15.8 Å². The lowest BCUT2D eigenvalue weighted by Crippen LogP contribution is -2.37. The largest absolute Gasteiger partial charge is 0.449 e. The number of nitrogen functional groups attached to an aromatic ring is 1. The van der Waals surface area contributed by atoms with Crippen LogP contribution in [0.15, 0.2) is 72.6 Å². The van der Waals surface area contributed by atoms with Crippen molar-refractivity contribution in [3.05, 3.63) is 89.7 Å². The Kier molecular flexibility index (Phi) is 4.30. The number of fused-ring (bicyclic) bond motifs is 1. The Morgan fingerprint density at radius 1 is 1.11 bits per heavy atom. The molecule has 0 aliphatic carbocycles. The number of hydrogen-bond donors (Lipinski definition) is 1. The van der Waals surface area contributed by atoms with Crippen LogP contribution in [0, 0.1) is 5.82 Å². The Hall–Kier alpha value is -3.67. The molecule has 0 saturated heterocycles. The normalized spacial score (nSPS) is 14.8. The zero-order valence-electron chi connectivity index (χ0n) is 14.3. The van der Waals surface area contributed by atoms with Crippen LogP contribution in [-0.4, -0.2) is 10.9 Å². The standard InChI is InChI=1S/C21H16FN3O2/c22-17-7-2-1-5-14(17)13-25-18-9-8-15(23)11-19(18)27-20(21(25)26)12-16-6-3-4-10-24-16/h1-12H,13,23H2/b20-12+. The molecule has 1 aromatic heterocycles. The summed E-state index contributed by atoms with van der Waals surface area (Å²) in [5, 5.41) is 0. The van der Waals surface area contributed by atoms with Gasteiger partial charge in [-0.2, -0.15) is 0 Å². The topological polar surface area (TPSA) is 68.5 Å². The molecule has 2 heterocycles. The summed E-state index contributed by atoms with van der Waals surface area (Å²) < 4.78 is 19.9. The van der Waals surface area contributed by atoms with Crippen molar-refractivity contribution in [2.45, 2.75) is 6.54 Å². The van der Waals surface area contributed by atoms with Crippen LogP contribution < -0.4 is 15.4 Å². The minimum absolute atomic E-state index is 0.0747. The number of amides is 1. The van der Waals surface area contributed by atoms with Crippen molar-refractivity contribution in [3.8, 4) is 5.75 Å². The molecule has 0 bridgehead atoms. The van der Waals surface area contributed by atoms with Crippen molar-refractivity contribution in [3.63, 3.8) is 0 Å². The first-order valence-electron chi connectivity index (χ1n) is 8.37. The lowest BCUT2D eigenvalue weighted by molar-refractivity contribution is -0.117.